The summed E-state index contributed by atoms with van der Waals surface area (Å²) in [5, 5.41) is 26.7. The van der Waals surface area contributed by atoms with Crippen LogP contribution in [0.1, 0.15) is 12.5 Å². The summed E-state index contributed by atoms with van der Waals surface area (Å²) in [5.74, 6) is 1.27. The first-order valence-corrected chi connectivity index (χ1v) is 10.4. The molecule has 32 heavy (non-hydrogen) atoms. The number of benzene rings is 1. The number of hydrazone groups is 1. The van der Waals surface area contributed by atoms with E-state index in [4.69, 9.17) is 4.98 Å². The molecule has 0 amide bonds. The fraction of sp³-hybridized carbons (Fsp3) is 0.304. The average molecular weight is 433 g/mol. The number of aryl methyl sites for hydroxylation is 1. The summed E-state index contributed by atoms with van der Waals surface area (Å²) in [6, 6.07) is 7.93. The van der Waals surface area contributed by atoms with Crippen LogP contribution in [0.3, 0.4) is 0 Å². The molecule has 2 atom stereocenters. The van der Waals surface area contributed by atoms with Gasteiger partial charge in [0.2, 0.25) is 0 Å². The van der Waals surface area contributed by atoms with Crippen LogP contribution >= 0.6 is 0 Å². The highest BCUT2D eigenvalue weighted by Crippen LogP contribution is 2.30. The predicted molar refractivity (Wildman–Crippen MR) is 127 cm³/mol. The first-order chi connectivity index (χ1) is 15.4. The fourth-order valence-electron chi connectivity index (χ4n) is 3.69. The molecule has 3 N–H and O–H groups in total. The van der Waals surface area contributed by atoms with E-state index in [-0.39, 0.29) is 6.04 Å². The lowest BCUT2D eigenvalue weighted by Crippen LogP contribution is -2.32. The molecule has 9 heteroatoms. The Labute approximate surface area is 187 Å². The van der Waals surface area contributed by atoms with E-state index >= 15 is 0 Å². The van der Waals surface area contributed by atoms with Crippen molar-refractivity contribution >= 4 is 18.1 Å². The lowest BCUT2D eigenvalue weighted by molar-refractivity contribution is 0.185. The molecule has 9 nitrogen and oxygen atoms in total. The Morgan fingerprint density at radius 3 is 2.88 bits per heavy atom. The van der Waals surface area contributed by atoms with Gasteiger partial charge in [-0.15, -0.1) is 0 Å². The summed E-state index contributed by atoms with van der Waals surface area (Å²) >= 11 is 0. The van der Waals surface area contributed by atoms with Crippen molar-refractivity contribution in [3.63, 3.8) is 0 Å². The number of aliphatic hydroxyl groups is 1. The highest BCUT2D eigenvalue weighted by atomic mass is 16.3. The summed E-state index contributed by atoms with van der Waals surface area (Å²) in [4.78, 5) is 9.49. The third-order valence-electron chi connectivity index (χ3n) is 5.49. The third-order valence-corrected chi connectivity index (χ3v) is 5.49. The van der Waals surface area contributed by atoms with Crippen molar-refractivity contribution in [3.05, 3.63) is 54.6 Å². The monoisotopic (exact) mass is 432 g/mol. The SMILES string of the molecule is C=NN(C)/C=C(\C)c1cccc(-c2ncc(-c3cnn(C)c3)c(N[C@@H]3CNC[C@H]3O)n2)c1. The Morgan fingerprint density at radius 2 is 2.19 bits per heavy atom. The van der Waals surface area contributed by atoms with E-state index in [9.17, 15) is 5.11 Å². The van der Waals surface area contributed by atoms with Gasteiger partial charge in [-0.2, -0.15) is 10.2 Å². The molecule has 0 spiro atoms. The van der Waals surface area contributed by atoms with Gasteiger partial charge >= 0.3 is 0 Å². The quantitative estimate of drug-likeness (QED) is 0.388. The van der Waals surface area contributed by atoms with Crippen molar-refractivity contribution in [2.45, 2.75) is 19.1 Å². The molecule has 0 saturated carbocycles. The molecule has 1 fully saturated rings. The molecule has 3 aromatic rings. The molecule has 4 rings (SSSR count). The summed E-state index contributed by atoms with van der Waals surface area (Å²) in [5.41, 5.74) is 4.74. The second kappa shape index (κ2) is 9.29. The standard InChI is InChI=1S/C23H28N8O/c1-15(13-30(3)24-2)16-6-5-7-17(8-16)22-26-10-19(18-9-27-31(4)14-18)23(29-22)28-20-11-25-12-21(20)32/h5-10,13-14,20-21,25,32H,2,11-12H2,1,3-4H3,(H,26,28,29)/b15-13+/t20-,21-/m1/s1. The molecule has 1 saturated heterocycles. The predicted octanol–water partition coefficient (Wildman–Crippen LogP) is 2.20. The van der Waals surface area contributed by atoms with E-state index in [0.29, 0.717) is 24.7 Å². The number of hydrogen-bond acceptors (Lipinski definition) is 8. The molecule has 166 valence electrons. The van der Waals surface area contributed by atoms with Crippen LogP contribution in [0, 0.1) is 0 Å². The number of allylic oxidation sites excluding steroid dienone is 1. The second-order valence-corrected chi connectivity index (χ2v) is 7.94. The minimum absolute atomic E-state index is 0.133. The number of hydrogen-bond donors (Lipinski definition) is 3. The number of anilines is 1. The van der Waals surface area contributed by atoms with Crippen molar-refractivity contribution in [1.82, 2.24) is 30.1 Å². The molecule has 0 aliphatic carbocycles. The zero-order chi connectivity index (χ0) is 22.7. The number of aliphatic hydroxyl groups excluding tert-OH is 1. The molecular weight excluding hydrogens is 404 g/mol. The Kier molecular flexibility index (Phi) is 6.29. The summed E-state index contributed by atoms with van der Waals surface area (Å²) in [6.45, 7) is 6.78. The maximum atomic E-state index is 10.3. The first-order valence-electron chi connectivity index (χ1n) is 10.4. The molecule has 3 heterocycles. The van der Waals surface area contributed by atoms with Gasteiger partial charge in [0.05, 0.1) is 18.3 Å². The van der Waals surface area contributed by atoms with Gasteiger partial charge in [-0.05, 0) is 24.1 Å². The van der Waals surface area contributed by atoms with Gasteiger partial charge in [-0.25, -0.2) is 9.97 Å². The third kappa shape index (κ3) is 4.68. The van der Waals surface area contributed by atoms with Crippen LogP contribution in [0.15, 0.2) is 54.2 Å². The number of aromatic nitrogens is 4. The fourth-order valence-corrected chi connectivity index (χ4v) is 3.69. The first kappa shape index (κ1) is 21.7. The van der Waals surface area contributed by atoms with Crippen molar-refractivity contribution in [2.75, 3.05) is 25.5 Å². The van der Waals surface area contributed by atoms with Crippen molar-refractivity contribution < 1.29 is 5.11 Å². The van der Waals surface area contributed by atoms with E-state index < -0.39 is 6.10 Å². The molecule has 1 aromatic carbocycles. The van der Waals surface area contributed by atoms with Crippen LogP contribution in [0.2, 0.25) is 0 Å². The van der Waals surface area contributed by atoms with Crippen LogP contribution < -0.4 is 10.6 Å². The summed E-state index contributed by atoms with van der Waals surface area (Å²) in [6.07, 6.45) is 6.94. The van der Waals surface area contributed by atoms with Crippen LogP contribution in [0.5, 0.6) is 0 Å². The van der Waals surface area contributed by atoms with E-state index in [1.807, 2.05) is 51.6 Å². The minimum atomic E-state index is -0.485. The summed E-state index contributed by atoms with van der Waals surface area (Å²) in [7, 11) is 3.71. The maximum Gasteiger partial charge on any atom is 0.161 e. The lowest BCUT2D eigenvalue weighted by atomic mass is 10.0. The van der Waals surface area contributed by atoms with Crippen LogP contribution in [0.25, 0.3) is 28.1 Å². The number of rotatable bonds is 7. The molecule has 0 radical (unpaired) electrons. The molecule has 1 aliphatic rings. The van der Waals surface area contributed by atoms with Crippen LogP contribution in [-0.2, 0) is 7.05 Å². The molecule has 0 bridgehead atoms. The number of nitrogens with zero attached hydrogens (tertiary/aromatic N) is 6. The molecule has 2 aromatic heterocycles. The normalized spacial score (nSPS) is 18.6. The van der Waals surface area contributed by atoms with Gasteiger partial charge in [-0.3, -0.25) is 9.69 Å². The van der Waals surface area contributed by atoms with Gasteiger partial charge in [-0.1, -0.05) is 18.2 Å². The van der Waals surface area contributed by atoms with E-state index in [1.165, 1.54) is 0 Å². The Bertz CT molecular complexity index is 1140. The summed E-state index contributed by atoms with van der Waals surface area (Å²) < 4.78 is 1.74. The molecular formula is C23H28N8O. The minimum Gasteiger partial charge on any atom is -0.390 e. The molecule has 0 unspecified atom stereocenters. The van der Waals surface area contributed by atoms with Crippen molar-refractivity contribution in [3.8, 4) is 22.5 Å². The second-order valence-electron chi connectivity index (χ2n) is 7.94. The van der Waals surface area contributed by atoms with Crippen LogP contribution in [-0.4, -0.2) is 68.9 Å². The average Bonchev–Trinajstić information content (AvgIpc) is 3.41. The molecule has 1 aliphatic heterocycles. The van der Waals surface area contributed by atoms with Gasteiger partial charge in [0.25, 0.3) is 0 Å². The number of β-amino-alcohol motifs (C(OH)–C–C–N with tert-alkyl or cyclic N) is 1. The van der Waals surface area contributed by atoms with E-state index in [0.717, 1.165) is 27.8 Å². The van der Waals surface area contributed by atoms with Gasteiger partial charge < -0.3 is 15.7 Å². The van der Waals surface area contributed by atoms with E-state index in [1.54, 1.807) is 22.1 Å². The van der Waals surface area contributed by atoms with E-state index in [2.05, 4.69) is 38.6 Å². The Morgan fingerprint density at radius 1 is 1.34 bits per heavy atom. The lowest BCUT2D eigenvalue weighted by Gasteiger charge is -2.19. The highest BCUT2D eigenvalue weighted by Gasteiger charge is 2.26. The van der Waals surface area contributed by atoms with Crippen molar-refractivity contribution in [2.24, 2.45) is 12.1 Å². The van der Waals surface area contributed by atoms with Crippen molar-refractivity contribution in [1.29, 1.82) is 0 Å². The topological polar surface area (TPSA) is 103 Å². The van der Waals surface area contributed by atoms with Gasteiger partial charge in [0.15, 0.2) is 5.82 Å². The largest absolute Gasteiger partial charge is 0.390 e. The van der Waals surface area contributed by atoms with Crippen LogP contribution in [0.4, 0.5) is 5.82 Å². The van der Waals surface area contributed by atoms with Gasteiger partial charge in [0.1, 0.15) is 5.82 Å². The Hall–Kier alpha value is -3.56. The highest BCUT2D eigenvalue weighted by molar-refractivity contribution is 5.76. The smallest absolute Gasteiger partial charge is 0.161 e. The Balaban J connectivity index is 1.72. The van der Waals surface area contributed by atoms with Gasteiger partial charge in [0, 0.05) is 69.2 Å². The zero-order valence-corrected chi connectivity index (χ0v) is 18.5. The maximum absolute atomic E-state index is 10.3. The zero-order valence-electron chi connectivity index (χ0n) is 18.5. The number of nitrogens with one attached hydrogen (secondary N) is 2.